The smallest absolute Gasteiger partial charge is 0.0420 e. The summed E-state index contributed by atoms with van der Waals surface area (Å²) >= 11 is 3.40. The van der Waals surface area contributed by atoms with Crippen molar-refractivity contribution in [1.29, 1.82) is 0 Å². The highest BCUT2D eigenvalue weighted by molar-refractivity contribution is 9.10. The third kappa shape index (κ3) is 4.62. The molecule has 0 amide bonds. The molecule has 0 aliphatic carbocycles. The number of aromatic nitrogens is 1. The van der Waals surface area contributed by atoms with Crippen molar-refractivity contribution in [3.63, 3.8) is 0 Å². The van der Waals surface area contributed by atoms with Gasteiger partial charge in [0.1, 0.15) is 0 Å². The van der Waals surface area contributed by atoms with E-state index in [1.165, 1.54) is 6.42 Å². The lowest BCUT2D eigenvalue weighted by Gasteiger charge is -2.21. The van der Waals surface area contributed by atoms with Gasteiger partial charge in [-0.2, -0.15) is 0 Å². The van der Waals surface area contributed by atoms with Crippen LogP contribution in [0.25, 0.3) is 0 Å². The SMILES string of the molecule is CCCNC(Cc1ccc(Br)cn1)C(C)C. The van der Waals surface area contributed by atoms with Gasteiger partial charge in [-0.15, -0.1) is 0 Å². The Labute approximate surface area is 107 Å². The molecule has 0 aliphatic rings. The van der Waals surface area contributed by atoms with E-state index in [-0.39, 0.29) is 0 Å². The van der Waals surface area contributed by atoms with Crippen molar-refractivity contribution >= 4 is 15.9 Å². The predicted molar refractivity (Wildman–Crippen MR) is 72.6 cm³/mol. The van der Waals surface area contributed by atoms with Gasteiger partial charge in [-0.25, -0.2) is 0 Å². The Hall–Kier alpha value is -0.410. The summed E-state index contributed by atoms with van der Waals surface area (Å²) in [5, 5.41) is 3.58. The average molecular weight is 285 g/mol. The van der Waals surface area contributed by atoms with Crippen LogP contribution in [0.15, 0.2) is 22.8 Å². The molecule has 1 aromatic rings. The van der Waals surface area contributed by atoms with Gasteiger partial charge in [-0.1, -0.05) is 20.8 Å². The molecule has 1 heterocycles. The van der Waals surface area contributed by atoms with Crippen molar-refractivity contribution in [3.05, 3.63) is 28.5 Å². The third-order valence-electron chi connectivity index (χ3n) is 2.68. The van der Waals surface area contributed by atoms with Crippen LogP contribution in [0, 0.1) is 5.92 Å². The van der Waals surface area contributed by atoms with Gasteiger partial charge in [0.25, 0.3) is 0 Å². The summed E-state index contributed by atoms with van der Waals surface area (Å²) in [6.45, 7) is 7.79. The number of nitrogens with zero attached hydrogens (tertiary/aromatic N) is 1. The minimum absolute atomic E-state index is 0.522. The fraction of sp³-hybridized carbons (Fsp3) is 0.615. The summed E-state index contributed by atoms with van der Waals surface area (Å²) in [5.74, 6) is 0.636. The van der Waals surface area contributed by atoms with Crippen LogP contribution in [-0.2, 0) is 6.42 Å². The molecule has 0 radical (unpaired) electrons. The Kier molecular flexibility index (Phi) is 5.99. The second kappa shape index (κ2) is 7.02. The van der Waals surface area contributed by atoms with Crippen molar-refractivity contribution in [2.75, 3.05) is 6.54 Å². The van der Waals surface area contributed by atoms with Crippen LogP contribution >= 0.6 is 15.9 Å². The summed E-state index contributed by atoms with van der Waals surface area (Å²) in [4.78, 5) is 4.42. The van der Waals surface area contributed by atoms with E-state index in [0.717, 1.165) is 23.1 Å². The van der Waals surface area contributed by atoms with Gasteiger partial charge < -0.3 is 5.32 Å². The summed E-state index contributed by atoms with van der Waals surface area (Å²) in [6.07, 6.45) is 4.05. The van der Waals surface area contributed by atoms with E-state index >= 15 is 0 Å². The number of pyridine rings is 1. The summed E-state index contributed by atoms with van der Waals surface area (Å²) in [7, 11) is 0. The first-order chi connectivity index (χ1) is 7.63. The number of rotatable bonds is 6. The summed E-state index contributed by atoms with van der Waals surface area (Å²) in [5.41, 5.74) is 1.16. The molecule has 0 saturated heterocycles. The number of hydrogen-bond donors (Lipinski definition) is 1. The highest BCUT2D eigenvalue weighted by Crippen LogP contribution is 2.12. The normalized spacial score (nSPS) is 13.1. The minimum atomic E-state index is 0.522. The lowest BCUT2D eigenvalue weighted by molar-refractivity contribution is 0.394. The summed E-state index contributed by atoms with van der Waals surface area (Å²) < 4.78 is 1.04. The second-order valence-electron chi connectivity index (χ2n) is 4.48. The molecule has 2 nitrogen and oxygen atoms in total. The molecule has 0 bridgehead atoms. The highest BCUT2D eigenvalue weighted by atomic mass is 79.9. The van der Waals surface area contributed by atoms with E-state index in [4.69, 9.17) is 0 Å². The zero-order valence-corrected chi connectivity index (χ0v) is 11.9. The molecule has 3 heteroatoms. The first-order valence-electron chi connectivity index (χ1n) is 5.97. The number of nitrogens with one attached hydrogen (secondary N) is 1. The maximum absolute atomic E-state index is 4.42. The minimum Gasteiger partial charge on any atom is -0.313 e. The largest absolute Gasteiger partial charge is 0.313 e. The van der Waals surface area contributed by atoms with Gasteiger partial charge in [0.05, 0.1) is 0 Å². The Balaban J connectivity index is 2.57. The van der Waals surface area contributed by atoms with Crippen molar-refractivity contribution in [3.8, 4) is 0 Å². The maximum atomic E-state index is 4.42. The molecule has 1 unspecified atom stereocenters. The van der Waals surface area contributed by atoms with Gasteiger partial charge in [0, 0.05) is 28.8 Å². The molecule has 0 saturated carbocycles. The van der Waals surface area contributed by atoms with Crippen LogP contribution in [0.4, 0.5) is 0 Å². The van der Waals surface area contributed by atoms with Gasteiger partial charge in [-0.3, -0.25) is 4.98 Å². The first kappa shape index (κ1) is 13.7. The predicted octanol–water partition coefficient (Wildman–Crippen LogP) is 3.41. The topological polar surface area (TPSA) is 24.9 Å². The van der Waals surface area contributed by atoms with Crippen LogP contribution < -0.4 is 5.32 Å². The van der Waals surface area contributed by atoms with E-state index in [1.807, 2.05) is 6.20 Å². The Morgan fingerprint density at radius 2 is 2.12 bits per heavy atom. The fourth-order valence-corrected chi connectivity index (χ4v) is 1.86. The Bertz CT molecular complexity index is 295. The Morgan fingerprint density at radius 1 is 1.38 bits per heavy atom. The molecule has 1 atom stereocenters. The molecule has 0 spiro atoms. The van der Waals surface area contributed by atoms with Crippen LogP contribution in [0.5, 0.6) is 0 Å². The van der Waals surface area contributed by atoms with Gasteiger partial charge >= 0.3 is 0 Å². The monoisotopic (exact) mass is 284 g/mol. The molecule has 0 aromatic carbocycles. The molecule has 1 N–H and O–H groups in total. The van der Waals surface area contributed by atoms with E-state index in [0.29, 0.717) is 12.0 Å². The van der Waals surface area contributed by atoms with Crippen molar-refractivity contribution in [2.24, 2.45) is 5.92 Å². The molecule has 16 heavy (non-hydrogen) atoms. The maximum Gasteiger partial charge on any atom is 0.0420 e. The van der Waals surface area contributed by atoms with Crippen LogP contribution in [0.2, 0.25) is 0 Å². The van der Waals surface area contributed by atoms with E-state index in [2.05, 4.69) is 59.1 Å². The van der Waals surface area contributed by atoms with Crippen LogP contribution in [0.1, 0.15) is 32.9 Å². The third-order valence-corrected chi connectivity index (χ3v) is 3.15. The van der Waals surface area contributed by atoms with Crippen molar-refractivity contribution < 1.29 is 0 Å². The molecule has 1 aromatic heterocycles. The standard InChI is InChI=1S/C13H21BrN2/c1-4-7-15-13(10(2)3)8-12-6-5-11(14)9-16-12/h5-6,9-10,13,15H,4,7-8H2,1-3H3. The van der Waals surface area contributed by atoms with Gasteiger partial charge in [0.2, 0.25) is 0 Å². The Morgan fingerprint density at radius 3 is 2.62 bits per heavy atom. The highest BCUT2D eigenvalue weighted by Gasteiger charge is 2.13. The zero-order valence-electron chi connectivity index (χ0n) is 10.3. The van der Waals surface area contributed by atoms with E-state index < -0.39 is 0 Å². The fourth-order valence-electron chi connectivity index (χ4n) is 1.63. The quantitative estimate of drug-likeness (QED) is 0.866. The molecule has 90 valence electrons. The molecule has 1 rings (SSSR count). The average Bonchev–Trinajstić information content (AvgIpc) is 2.26. The molecule has 0 fully saturated rings. The van der Waals surface area contributed by atoms with Gasteiger partial charge in [0.15, 0.2) is 0 Å². The lowest BCUT2D eigenvalue weighted by atomic mass is 9.99. The van der Waals surface area contributed by atoms with Crippen molar-refractivity contribution in [1.82, 2.24) is 10.3 Å². The molecular formula is C13H21BrN2. The number of halogens is 1. The van der Waals surface area contributed by atoms with Crippen LogP contribution in [-0.4, -0.2) is 17.6 Å². The zero-order chi connectivity index (χ0) is 12.0. The number of hydrogen-bond acceptors (Lipinski definition) is 2. The molecule has 0 aliphatic heterocycles. The van der Waals surface area contributed by atoms with Crippen molar-refractivity contribution in [2.45, 2.75) is 39.7 Å². The first-order valence-corrected chi connectivity index (χ1v) is 6.76. The van der Waals surface area contributed by atoms with E-state index in [1.54, 1.807) is 0 Å². The second-order valence-corrected chi connectivity index (χ2v) is 5.39. The van der Waals surface area contributed by atoms with E-state index in [9.17, 15) is 0 Å². The van der Waals surface area contributed by atoms with Crippen LogP contribution in [0.3, 0.4) is 0 Å². The summed E-state index contributed by atoms with van der Waals surface area (Å²) in [6, 6.07) is 4.67. The lowest BCUT2D eigenvalue weighted by Crippen LogP contribution is -2.36. The molecular weight excluding hydrogens is 264 g/mol. The van der Waals surface area contributed by atoms with Gasteiger partial charge in [-0.05, 0) is 46.9 Å².